The number of rotatable bonds is 7. The van der Waals surface area contributed by atoms with Crippen LogP contribution in [0.15, 0.2) is 24.3 Å². The number of piperidine rings is 1. The highest BCUT2D eigenvalue weighted by Crippen LogP contribution is 2.25. The number of hydrogen-bond donors (Lipinski definition) is 2. The van der Waals surface area contributed by atoms with Crippen LogP contribution in [0.5, 0.6) is 5.75 Å². The van der Waals surface area contributed by atoms with Crippen LogP contribution >= 0.6 is 0 Å². The maximum Gasteiger partial charge on any atom is 0.573 e. The molecule has 0 saturated carbocycles. The summed E-state index contributed by atoms with van der Waals surface area (Å²) >= 11 is 0. The van der Waals surface area contributed by atoms with Crippen molar-refractivity contribution in [1.29, 1.82) is 0 Å². The van der Waals surface area contributed by atoms with Crippen LogP contribution in [-0.2, 0) is 9.59 Å². The molecule has 27 heavy (non-hydrogen) atoms. The lowest BCUT2D eigenvalue weighted by Crippen LogP contribution is -2.47. The largest absolute Gasteiger partial charge is 0.573 e. The zero-order chi connectivity index (χ0) is 20.0. The van der Waals surface area contributed by atoms with Crippen LogP contribution in [0.4, 0.5) is 18.9 Å². The average Bonchev–Trinajstić information content (AvgIpc) is 2.60. The number of carboxylic acids is 1. The van der Waals surface area contributed by atoms with Gasteiger partial charge in [0, 0.05) is 18.7 Å². The van der Waals surface area contributed by atoms with Crippen molar-refractivity contribution in [2.24, 2.45) is 5.92 Å². The Bertz CT molecular complexity index is 649. The molecule has 1 aliphatic rings. The highest BCUT2D eigenvalue weighted by molar-refractivity contribution is 5.94. The third kappa shape index (κ3) is 7.09. The summed E-state index contributed by atoms with van der Waals surface area (Å²) in [6, 6.07) is 4.53. The van der Waals surface area contributed by atoms with Gasteiger partial charge in [0.05, 0.1) is 6.04 Å². The van der Waals surface area contributed by atoms with Gasteiger partial charge in [-0.2, -0.15) is 0 Å². The molecule has 6 nitrogen and oxygen atoms in total. The lowest BCUT2D eigenvalue weighted by Gasteiger charge is -2.36. The summed E-state index contributed by atoms with van der Waals surface area (Å²) in [5.41, 5.74) is 0.376. The van der Waals surface area contributed by atoms with E-state index >= 15 is 0 Å². The number of halogens is 3. The molecule has 1 heterocycles. The molecular formula is C18H23F3N2O4. The smallest absolute Gasteiger partial charge is 0.481 e. The second kappa shape index (κ2) is 9.07. The lowest BCUT2D eigenvalue weighted by atomic mass is 9.92. The molecule has 0 aromatic heterocycles. The van der Waals surface area contributed by atoms with E-state index in [9.17, 15) is 22.8 Å². The third-order valence-corrected chi connectivity index (χ3v) is 4.60. The molecule has 1 aromatic rings. The number of carbonyl (C=O) groups is 2. The second-order valence-electron chi connectivity index (χ2n) is 6.67. The minimum absolute atomic E-state index is 0.116. The molecule has 1 aliphatic heterocycles. The minimum Gasteiger partial charge on any atom is -0.481 e. The summed E-state index contributed by atoms with van der Waals surface area (Å²) in [6.45, 7) is 3.16. The van der Waals surface area contributed by atoms with Gasteiger partial charge in [0.2, 0.25) is 5.91 Å². The standard InChI is InChI=1S/C18H23F3N2O4/c1-12(23-10-2-3-13(11-23)4-9-16(24)25)17(26)22-14-5-7-15(8-6-14)27-18(19,20)21/h5-8,12-13H,2-4,9-11H2,1H3,(H,22,26)(H,24,25). The van der Waals surface area contributed by atoms with E-state index in [-0.39, 0.29) is 24.0 Å². The van der Waals surface area contributed by atoms with Crippen LogP contribution in [0, 0.1) is 5.92 Å². The Morgan fingerprint density at radius 1 is 1.33 bits per heavy atom. The molecule has 2 atom stereocenters. The Hall–Kier alpha value is -2.29. The highest BCUT2D eigenvalue weighted by Gasteiger charge is 2.31. The number of benzene rings is 1. The first-order valence-corrected chi connectivity index (χ1v) is 8.76. The van der Waals surface area contributed by atoms with Crippen LogP contribution in [0.3, 0.4) is 0 Å². The van der Waals surface area contributed by atoms with Crippen LogP contribution in [0.25, 0.3) is 0 Å². The Balaban J connectivity index is 1.88. The molecule has 0 bridgehead atoms. The Morgan fingerprint density at radius 3 is 2.59 bits per heavy atom. The fourth-order valence-corrected chi connectivity index (χ4v) is 3.16. The summed E-state index contributed by atoms with van der Waals surface area (Å²) in [6.07, 6.45) is -2.22. The van der Waals surface area contributed by atoms with Crippen LogP contribution < -0.4 is 10.1 Å². The Morgan fingerprint density at radius 2 is 2.00 bits per heavy atom. The fraction of sp³-hybridized carbons (Fsp3) is 0.556. The van der Waals surface area contributed by atoms with E-state index in [1.54, 1.807) is 6.92 Å². The zero-order valence-corrected chi connectivity index (χ0v) is 15.0. The van der Waals surface area contributed by atoms with Gasteiger partial charge in [-0.3, -0.25) is 14.5 Å². The first-order valence-electron chi connectivity index (χ1n) is 8.76. The van der Waals surface area contributed by atoms with Crippen molar-refractivity contribution in [3.05, 3.63) is 24.3 Å². The van der Waals surface area contributed by atoms with Crippen molar-refractivity contribution < 1.29 is 32.6 Å². The van der Waals surface area contributed by atoms with E-state index < -0.39 is 18.4 Å². The van der Waals surface area contributed by atoms with Gasteiger partial charge in [0.25, 0.3) is 0 Å². The minimum atomic E-state index is -4.76. The van der Waals surface area contributed by atoms with Gasteiger partial charge in [-0.15, -0.1) is 13.2 Å². The number of amides is 1. The van der Waals surface area contributed by atoms with Gasteiger partial charge in [0.15, 0.2) is 0 Å². The predicted octanol–water partition coefficient (Wildman–Crippen LogP) is 3.49. The Labute approximate surface area is 155 Å². The number of nitrogens with one attached hydrogen (secondary N) is 1. The molecule has 1 amide bonds. The number of carbonyl (C=O) groups excluding carboxylic acids is 1. The lowest BCUT2D eigenvalue weighted by molar-refractivity contribution is -0.274. The molecule has 2 N–H and O–H groups in total. The molecule has 2 unspecified atom stereocenters. The molecule has 0 radical (unpaired) electrons. The summed E-state index contributed by atoms with van der Waals surface area (Å²) in [5, 5.41) is 11.5. The van der Waals surface area contributed by atoms with Crippen molar-refractivity contribution in [1.82, 2.24) is 4.90 Å². The topological polar surface area (TPSA) is 78.9 Å². The molecule has 150 valence electrons. The molecule has 1 aromatic carbocycles. The highest BCUT2D eigenvalue weighted by atomic mass is 19.4. The van der Waals surface area contributed by atoms with E-state index in [4.69, 9.17) is 5.11 Å². The maximum atomic E-state index is 12.4. The molecule has 1 fully saturated rings. The number of carboxylic acid groups (broad SMARTS) is 1. The maximum absolute atomic E-state index is 12.4. The molecular weight excluding hydrogens is 365 g/mol. The summed E-state index contributed by atoms with van der Waals surface area (Å²) in [4.78, 5) is 25.2. The van der Waals surface area contributed by atoms with Gasteiger partial charge < -0.3 is 15.2 Å². The van der Waals surface area contributed by atoms with Crippen LogP contribution in [-0.4, -0.2) is 47.4 Å². The SMILES string of the molecule is CC(C(=O)Nc1ccc(OC(F)(F)F)cc1)N1CCCC(CCC(=O)O)C1. The van der Waals surface area contributed by atoms with E-state index in [0.717, 1.165) is 31.5 Å². The van der Waals surface area contributed by atoms with Crippen molar-refractivity contribution in [3.63, 3.8) is 0 Å². The molecule has 0 spiro atoms. The summed E-state index contributed by atoms with van der Waals surface area (Å²) in [7, 11) is 0. The first kappa shape index (κ1) is 21.0. The van der Waals surface area contributed by atoms with Gasteiger partial charge in [-0.05, 0) is 62.9 Å². The van der Waals surface area contributed by atoms with Crippen molar-refractivity contribution in [2.75, 3.05) is 18.4 Å². The average molecular weight is 388 g/mol. The van der Waals surface area contributed by atoms with Gasteiger partial charge in [-0.25, -0.2) is 0 Å². The van der Waals surface area contributed by atoms with Crippen molar-refractivity contribution in [3.8, 4) is 5.75 Å². The van der Waals surface area contributed by atoms with Gasteiger partial charge >= 0.3 is 12.3 Å². The Kier molecular flexibility index (Phi) is 7.06. The van der Waals surface area contributed by atoms with E-state index in [1.807, 2.05) is 4.90 Å². The van der Waals surface area contributed by atoms with Gasteiger partial charge in [-0.1, -0.05) is 0 Å². The third-order valence-electron chi connectivity index (χ3n) is 4.60. The second-order valence-corrected chi connectivity index (χ2v) is 6.67. The summed E-state index contributed by atoms with van der Waals surface area (Å²) < 4.78 is 40.3. The zero-order valence-electron chi connectivity index (χ0n) is 15.0. The number of likely N-dealkylation sites (tertiary alicyclic amines) is 1. The number of anilines is 1. The van der Waals surface area contributed by atoms with Crippen LogP contribution in [0.1, 0.15) is 32.6 Å². The quantitative estimate of drug-likeness (QED) is 0.748. The fourth-order valence-electron chi connectivity index (χ4n) is 3.16. The number of hydrogen-bond acceptors (Lipinski definition) is 4. The number of alkyl halides is 3. The van der Waals surface area contributed by atoms with E-state index in [2.05, 4.69) is 10.1 Å². The first-order chi connectivity index (χ1) is 12.6. The number of nitrogens with zero attached hydrogens (tertiary/aromatic N) is 1. The molecule has 2 rings (SSSR count). The number of ether oxygens (including phenoxy) is 1. The van der Waals surface area contributed by atoms with E-state index in [1.165, 1.54) is 12.1 Å². The van der Waals surface area contributed by atoms with E-state index in [0.29, 0.717) is 18.7 Å². The monoisotopic (exact) mass is 388 g/mol. The molecule has 9 heteroatoms. The van der Waals surface area contributed by atoms with Crippen molar-refractivity contribution in [2.45, 2.75) is 45.0 Å². The van der Waals surface area contributed by atoms with Gasteiger partial charge in [0.1, 0.15) is 5.75 Å². The summed E-state index contributed by atoms with van der Waals surface area (Å²) in [5.74, 6) is -1.20. The molecule has 1 saturated heterocycles. The normalized spacial score (nSPS) is 19.3. The number of aliphatic carboxylic acids is 1. The molecule has 0 aliphatic carbocycles. The van der Waals surface area contributed by atoms with Crippen LogP contribution in [0.2, 0.25) is 0 Å². The van der Waals surface area contributed by atoms with Crippen molar-refractivity contribution >= 4 is 17.6 Å². The predicted molar refractivity (Wildman–Crippen MR) is 92.4 cm³/mol.